The summed E-state index contributed by atoms with van der Waals surface area (Å²) in [6.07, 6.45) is 0. The standard InChI is InChI=1S/C66H42N2/c1-3-11-43(12-4-1)45-19-23-47(24-20-45)53-27-29-57-37-59(33-31-55(57)35-53)65-61-39-49-15-7-9-17-51(49)41-63(61)68-66(62-40-50-16-8-10-18-52(50)42-64(62)67-65)60-34-32-56-36-54(28-30-58(56)38-60)48-25-21-46(22-26-48)44-13-5-2-6-14-44/h1-42H/b65-61?,66-62?,67-64?,67-65-,68-63?,68-66-. The van der Waals surface area contributed by atoms with Gasteiger partial charge in [-0.25, -0.2) is 9.98 Å². The second-order valence-electron chi connectivity index (χ2n) is 17.8. The lowest BCUT2D eigenvalue weighted by Crippen LogP contribution is -2.10. The van der Waals surface area contributed by atoms with E-state index in [4.69, 9.17) is 9.98 Å². The third kappa shape index (κ3) is 7.26. The molecule has 12 aromatic carbocycles. The SMILES string of the molecule is c1ccc(-c2ccc(-c3ccc4cc(/C5=N/c6cc7ccccc7cc6/C(c6ccc7cc(-c8ccc(-c9ccccc9)cc8)ccc7c6)=N\c6cc7ccccc7cc65)ccc4c3)cc2)cc1. The van der Waals surface area contributed by atoms with Crippen LogP contribution in [0.3, 0.4) is 0 Å². The molecule has 0 atom stereocenters. The molecule has 2 nitrogen and oxygen atoms in total. The lowest BCUT2D eigenvalue weighted by atomic mass is 9.91. The number of benzene rings is 12. The van der Waals surface area contributed by atoms with Crippen molar-refractivity contribution in [2.24, 2.45) is 9.98 Å². The van der Waals surface area contributed by atoms with E-state index in [1.54, 1.807) is 0 Å². The average molecular weight is 863 g/mol. The fraction of sp³-hybridized carbons (Fsp3) is 0. The Morgan fingerprint density at radius 1 is 0.176 bits per heavy atom. The molecule has 0 spiro atoms. The maximum Gasteiger partial charge on any atom is 0.0803 e. The van der Waals surface area contributed by atoms with Crippen LogP contribution in [0, 0.1) is 0 Å². The summed E-state index contributed by atoms with van der Waals surface area (Å²) in [6, 6.07) is 92.0. The summed E-state index contributed by atoms with van der Waals surface area (Å²) in [4.78, 5) is 11.4. The molecule has 0 aliphatic carbocycles. The molecular formula is C66H42N2. The highest BCUT2D eigenvalue weighted by Crippen LogP contribution is 2.39. The van der Waals surface area contributed by atoms with E-state index in [2.05, 4.69) is 255 Å². The van der Waals surface area contributed by atoms with Gasteiger partial charge in [0.1, 0.15) is 0 Å². The van der Waals surface area contributed by atoms with E-state index in [1.165, 1.54) is 55.3 Å². The summed E-state index contributed by atoms with van der Waals surface area (Å²) in [5.74, 6) is 0. The van der Waals surface area contributed by atoms with Crippen LogP contribution in [-0.2, 0) is 0 Å². The van der Waals surface area contributed by atoms with E-state index >= 15 is 0 Å². The highest BCUT2D eigenvalue weighted by atomic mass is 14.8. The second-order valence-corrected chi connectivity index (χ2v) is 17.8. The smallest absolute Gasteiger partial charge is 0.0803 e. The molecule has 0 saturated carbocycles. The number of fused-ring (bicyclic) bond motifs is 6. The van der Waals surface area contributed by atoms with E-state index in [-0.39, 0.29) is 0 Å². The van der Waals surface area contributed by atoms with Crippen LogP contribution in [0.15, 0.2) is 265 Å². The number of aliphatic imine (C=N–C) groups is 2. The molecule has 12 aromatic rings. The molecule has 0 saturated heterocycles. The Kier molecular flexibility index (Phi) is 9.54. The number of rotatable bonds is 6. The largest absolute Gasteiger partial charge is 0.247 e. The minimum absolute atomic E-state index is 0.889. The van der Waals surface area contributed by atoms with Gasteiger partial charge in [-0.05, 0) is 136 Å². The molecule has 0 amide bonds. The second kappa shape index (κ2) is 16.5. The molecular weight excluding hydrogens is 821 g/mol. The minimum atomic E-state index is 0.889. The maximum absolute atomic E-state index is 5.72. The van der Waals surface area contributed by atoms with Crippen LogP contribution in [0.1, 0.15) is 22.3 Å². The number of hydrogen-bond acceptors (Lipinski definition) is 2. The summed E-state index contributed by atoms with van der Waals surface area (Å²) in [6.45, 7) is 0. The Morgan fingerprint density at radius 3 is 0.794 bits per heavy atom. The van der Waals surface area contributed by atoms with Gasteiger partial charge < -0.3 is 0 Å². The number of hydrogen-bond donors (Lipinski definition) is 0. The molecule has 1 aliphatic heterocycles. The third-order valence-corrected chi connectivity index (χ3v) is 13.6. The van der Waals surface area contributed by atoms with Gasteiger partial charge in [-0.1, -0.05) is 206 Å². The van der Waals surface area contributed by atoms with Crippen LogP contribution in [-0.4, -0.2) is 11.4 Å². The average Bonchev–Trinajstić information content (AvgIpc) is 3.41. The van der Waals surface area contributed by atoms with Crippen molar-refractivity contribution in [1.82, 2.24) is 0 Å². The molecule has 0 radical (unpaired) electrons. The van der Waals surface area contributed by atoms with Crippen LogP contribution < -0.4 is 0 Å². The molecule has 2 heteroatoms. The third-order valence-electron chi connectivity index (χ3n) is 13.6. The van der Waals surface area contributed by atoms with Gasteiger partial charge >= 0.3 is 0 Å². The molecule has 0 unspecified atom stereocenters. The molecule has 0 N–H and O–H groups in total. The Morgan fingerprint density at radius 2 is 0.426 bits per heavy atom. The molecule has 0 aromatic heterocycles. The summed E-state index contributed by atoms with van der Waals surface area (Å²) >= 11 is 0. The van der Waals surface area contributed by atoms with Gasteiger partial charge in [-0.3, -0.25) is 0 Å². The summed E-state index contributed by atoms with van der Waals surface area (Å²) in [7, 11) is 0. The van der Waals surface area contributed by atoms with Crippen LogP contribution in [0.25, 0.3) is 87.6 Å². The molecule has 0 bridgehead atoms. The fourth-order valence-electron chi connectivity index (χ4n) is 9.94. The summed E-state index contributed by atoms with van der Waals surface area (Å²) in [5.41, 5.74) is 17.3. The van der Waals surface area contributed by atoms with Crippen LogP contribution in [0.5, 0.6) is 0 Å². The van der Waals surface area contributed by atoms with Crippen molar-refractivity contribution in [2.45, 2.75) is 0 Å². The molecule has 1 heterocycles. The zero-order valence-corrected chi connectivity index (χ0v) is 37.1. The molecule has 13 rings (SSSR count). The van der Waals surface area contributed by atoms with Crippen LogP contribution >= 0.6 is 0 Å². The first kappa shape index (κ1) is 39.4. The topological polar surface area (TPSA) is 24.7 Å². The molecule has 68 heavy (non-hydrogen) atoms. The van der Waals surface area contributed by atoms with E-state index in [9.17, 15) is 0 Å². The van der Waals surface area contributed by atoms with Gasteiger partial charge in [0.25, 0.3) is 0 Å². The van der Waals surface area contributed by atoms with E-state index in [0.717, 1.165) is 77.4 Å². The zero-order chi connectivity index (χ0) is 45.0. The predicted molar refractivity (Wildman–Crippen MR) is 288 cm³/mol. The van der Waals surface area contributed by atoms with Crippen LogP contribution in [0.4, 0.5) is 11.4 Å². The predicted octanol–water partition coefficient (Wildman–Crippen LogP) is 17.6. The van der Waals surface area contributed by atoms with Gasteiger partial charge in [0.2, 0.25) is 0 Å². The van der Waals surface area contributed by atoms with Crippen molar-refractivity contribution < 1.29 is 0 Å². The van der Waals surface area contributed by atoms with Gasteiger partial charge in [0.05, 0.1) is 22.8 Å². The summed E-state index contributed by atoms with van der Waals surface area (Å²) < 4.78 is 0. The minimum Gasteiger partial charge on any atom is -0.247 e. The van der Waals surface area contributed by atoms with Crippen molar-refractivity contribution >= 4 is 65.9 Å². The Bertz CT molecular complexity index is 3710. The quantitative estimate of drug-likeness (QED) is 0.159. The zero-order valence-electron chi connectivity index (χ0n) is 37.1. The first-order valence-corrected chi connectivity index (χ1v) is 23.3. The lowest BCUT2D eigenvalue weighted by Gasteiger charge is -2.20. The monoisotopic (exact) mass is 862 g/mol. The van der Waals surface area contributed by atoms with Gasteiger partial charge in [0, 0.05) is 22.3 Å². The normalized spacial score (nSPS) is 13.8. The first-order valence-electron chi connectivity index (χ1n) is 23.3. The summed E-state index contributed by atoms with van der Waals surface area (Å²) in [5, 5.41) is 9.25. The van der Waals surface area contributed by atoms with Crippen molar-refractivity contribution in [1.29, 1.82) is 0 Å². The maximum atomic E-state index is 5.72. The van der Waals surface area contributed by atoms with Crippen molar-refractivity contribution in [3.63, 3.8) is 0 Å². The highest BCUT2D eigenvalue weighted by Gasteiger charge is 2.23. The number of nitrogens with zero attached hydrogens (tertiary/aromatic N) is 2. The van der Waals surface area contributed by atoms with Gasteiger partial charge in [0.15, 0.2) is 0 Å². The van der Waals surface area contributed by atoms with Crippen molar-refractivity contribution in [3.8, 4) is 44.5 Å². The molecule has 316 valence electrons. The lowest BCUT2D eigenvalue weighted by molar-refractivity contribution is 1.41. The van der Waals surface area contributed by atoms with Gasteiger partial charge in [-0.15, -0.1) is 0 Å². The Hall–Kier alpha value is -8.98. The van der Waals surface area contributed by atoms with Crippen LogP contribution in [0.2, 0.25) is 0 Å². The van der Waals surface area contributed by atoms with E-state index in [0.29, 0.717) is 0 Å². The van der Waals surface area contributed by atoms with E-state index in [1.807, 2.05) is 0 Å². The van der Waals surface area contributed by atoms with Crippen molar-refractivity contribution in [2.75, 3.05) is 0 Å². The molecule has 0 fully saturated rings. The molecule has 1 aliphatic rings. The Balaban J connectivity index is 0.922. The van der Waals surface area contributed by atoms with E-state index < -0.39 is 0 Å². The van der Waals surface area contributed by atoms with Crippen molar-refractivity contribution in [3.05, 3.63) is 277 Å². The highest BCUT2D eigenvalue weighted by molar-refractivity contribution is 6.25. The first-order chi connectivity index (χ1) is 33.6. The fourth-order valence-corrected chi connectivity index (χ4v) is 9.94. The van der Waals surface area contributed by atoms with Gasteiger partial charge in [-0.2, -0.15) is 0 Å². The Labute approximate surface area is 395 Å².